The van der Waals surface area contributed by atoms with Crippen LogP contribution in [0.5, 0.6) is 5.75 Å². The van der Waals surface area contributed by atoms with Crippen LogP contribution in [0.15, 0.2) is 43.7 Å². The fourth-order valence-corrected chi connectivity index (χ4v) is 10.7. The average molecular weight is 1080 g/mol. The smallest absolute Gasteiger partial charge is 0.475 e. The molecule has 3 aromatic rings. The highest BCUT2D eigenvalue weighted by Gasteiger charge is 2.45. The number of esters is 2. The van der Waals surface area contributed by atoms with Gasteiger partial charge in [0.05, 0.1) is 38.3 Å². The molecule has 76 heavy (non-hydrogen) atoms. The van der Waals surface area contributed by atoms with E-state index in [9.17, 15) is 33.3 Å². The number of aryl methyl sites for hydroxylation is 3. The normalized spacial score (nSPS) is 20.1. The first-order chi connectivity index (χ1) is 36.5. The lowest BCUT2D eigenvalue weighted by atomic mass is 10.0. The second-order valence-electron chi connectivity index (χ2n) is 20.1. The molecular formula is C55H82N5O15P. The number of phosphoric acid groups is 1. The molecule has 422 valence electrons. The molecule has 2 aliphatic heterocycles. The Labute approximate surface area is 446 Å². The summed E-state index contributed by atoms with van der Waals surface area (Å²) >= 11 is 0. The van der Waals surface area contributed by atoms with Gasteiger partial charge in [0.2, 0.25) is 6.54 Å². The number of nitrogens with zero attached hydrogens (tertiary/aromatic N) is 3. The molecule has 20 nitrogen and oxygen atoms in total. The van der Waals surface area contributed by atoms with E-state index in [1.165, 1.54) is 121 Å². The Morgan fingerprint density at radius 2 is 1.21 bits per heavy atom. The van der Waals surface area contributed by atoms with Gasteiger partial charge in [0, 0.05) is 36.4 Å². The topological polar surface area (TPSA) is 239 Å². The van der Waals surface area contributed by atoms with Crippen LogP contribution in [0.25, 0.3) is 4.85 Å². The van der Waals surface area contributed by atoms with Crippen LogP contribution in [0.2, 0.25) is 0 Å². The number of carbonyl (C=O) groups is 2. The van der Waals surface area contributed by atoms with Gasteiger partial charge in [-0.15, -0.1) is 0 Å². The van der Waals surface area contributed by atoms with E-state index in [0.29, 0.717) is 13.0 Å². The van der Waals surface area contributed by atoms with Gasteiger partial charge in [0.15, 0.2) is 0 Å². The number of hydrogen-bond donors (Lipinski definition) is 2. The highest BCUT2D eigenvalue weighted by Crippen LogP contribution is 2.54. The second-order valence-corrected chi connectivity index (χ2v) is 21.7. The van der Waals surface area contributed by atoms with Crippen molar-refractivity contribution < 1.29 is 51.4 Å². The van der Waals surface area contributed by atoms with Gasteiger partial charge < -0.3 is 28.5 Å². The highest BCUT2D eigenvalue weighted by atomic mass is 31.2. The summed E-state index contributed by atoms with van der Waals surface area (Å²) in [7, 11) is -4.59. The molecule has 1 aromatic carbocycles. The van der Waals surface area contributed by atoms with E-state index >= 15 is 0 Å². The number of hydrogen-bond acceptors (Lipinski definition) is 15. The predicted octanol–water partition coefficient (Wildman–Crippen LogP) is 9.83. The van der Waals surface area contributed by atoms with Gasteiger partial charge in [-0.25, -0.2) is 20.7 Å². The summed E-state index contributed by atoms with van der Waals surface area (Å²) in [5, 5.41) is 0. The molecule has 7 atom stereocenters. The number of phosphoric ester groups is 1. The molecule has 0 saturated carbocycles. The first-order valence-corrected chi connectivity index (χ1v) is 28.9. The maximum atomic E-state index is 14.4. The van der Waals surface area contributed by atoms with E-state index in [1.807, 2.05) is 26.0 Å². The van der Waals surface area contributed by atoms with Crippen molar-refractivity contribution in [3.8, 4) is 5.75 Å². The molecule has 0 bridgehead atoms. The van der Waals surface area contributed by atoms with Crippen LogP contribution in [0.4, 0.5) is 0 Å². The molecule has 0 radical (unpaired) electrons. The molecule has 21 heteroatoms. The SMILES string of the molecule is [C-]#[N+]CCOP(=O)(OC[C@H]1OC(n2cc(C)c(=O)[nH]c2=O)CC1OC(=O)CCC(=O)OCc1cc(C)c(C)c(OCCCCCCCCCCCCCCCCCC)c1)OC1CC(n2cc(C)c(=O)[nH]c2=O)O[C@@H]1CC. The van der Waals surface area contributed by atoms with Crippen molar-refractivity contribution >= 4 is 19.8 Å². The van der Waals surface area contributed by atoms with Crippen LogP contribution < -0.4 is 27.2 Å². The van der Waals surface area contributed by atoms with Crippen molar-refractivity contribution in [3.05, 3.63) is 105 Å². The van der Waals surface area contributed by atoms with Crippen molar-refractivity contribution in [1.29, 1.82) is 0 Å². The molecule has 2 fully saturated rings. The van der Waals surface area contributed by atoms with Gasteiger partial charge in [-0.3, -0.25) is 51.9 Å². The third-order valence-electron chi connectivity index (χ3n) is 13.9. The molecule has 2 aromatic heterocycles. The Morgan fingerprint density at radius 1 is 0.684 bits per heavy atom. The predicted molar refractivity (Wildman–Crippen MR) is 285 cm³/mol. The van der Waals surface area contributed by atoms with E-state index in [-0.39, 0.29) is 56.6 Å². The summed E-state index contributed by atoms with van der Waals surface area (Å²) in [6.45, 7) is 17.7. The number of aromatic nitrogens is 4. The van der Waals surface area contributed by atoms with Gasteiger partial charge in [-0.2, -0.15) is 0 Å². The largest absolute Gasteiger partial charge is 0.493 e. The lowest BCUT2D eigenvalue weighted by Gasteiger charge is -2.25. The van der Waals surface area contributed by atoms with E-state index in [0.717, 1.165) is 39.8 Å². The molecule has 0 aliphatic carbocycles. The van der Waals surface area contributed by atoms with Crippen LogP contribution in [0.1, 0.15) is 189 Å². The fourth-order valence-electron chi connectivity index (χ4n) is 9.35. The van der Waals surface area contributed by atoms with E-state index in [4.69, 9.17) is 43.8 Å². The molecular weight excluding hydrogens is 1000 g/mol. The lowest BCUT2D eigenvalue weighted by Crippen LogP contribution is -2.33. The van der Waals surface area contributed by atoms with Crippen molar-refractivity contribution in [1.82, 2.24) is 19.1 Å². The quantitative estimate of drug-likeness (QED) is 0.0241. The first kappa shape index (κ1) is 61.7. The number of rotatable bonds is 35. The van der Waals surface area contributed by atoms with Crippen molar-refractivity contribution in [2.75, 3.05) is 26.4 Å². The van der Waals surface area contributed by atoms with Crippen LogP contribution >= 0.6 is 7.82 Å². The van der Waals surface area contributed by atoms with Crippen molar-refractivity contribution in [2.24, 2.45) is 0 Å². The van der Waals surface area contributed by atoms with Crippen molar-refractivity contribution in [2.45, 2.75) is 220 Å². The molecule has 2 aliphatic rings. The summed E-state index contributed by atoms with van der Waals surface area (Å²) in [6.07, 6.45) is 17.0. The highest BCUT2D eigenvalue weighted by molar-refractivity contribution is 7.48. The monoisotopic (exact) mass is 1080 g/mol. The first-order valence-electron chi connectivity index (χ1n) is 27.5. The average Bonchev–Trinajstić information content (AvgIpc) is 3.99. The second kappa shape index (κ2) is 31.9. The minimum atomic E-state index is -4.59. The minimum absolute atomic E-state index is 0.00231. The van der Waals surface area contributed by atoms with Gasteiger partial charge in [0.1, 0.15) is 43.6 Å². The van der Waals surface area contributed by atoms with Crippen LogP contribution in [-0.4, -0.2) is 81.8 Å². The number of H-pyrrole nitrogens is 2. The van der Waals surface area contributed by atoms with E-state index in [2.05, 4.69) is 21.7 Å². The Bertz CT molecular complexity index is 2660. The van der Waals surface area contributed by atoms with E-state index in [1.54, 1.807) is 6.92 Å². The van der Waals surface area contributed by atoms with Gasteiger partial charge in [-0.1, -0.05) is 116 Å². The van der Waals surface area contributed by atoms with Crippen LogP contribution in [0.3, 0.4) is 0 Å². The minimum Gasteiger partial charge on any atom is -0.493 e. The Balaban J connectivity index is 1.11. The summed E-state index contributed by atoms with van der Waals surface area (Å²) in [4.78, 5) is 84.0. The molecule has 0 amide bonds. The number of ether oxygens (including phenoxy) is 5. The number of benzene rings is 1. The lowest BCUT2D eigenvalue weighted by molar-refractivity contribution is -0.156. The summed E-state index contributed by atoms with van der Waals surface area (Å²) in [6, 6.07) is 3.81. The summed E-state index contributed by atoms with van der Waals surface area (Å²) < 4.78 is 64.0. The number of aromatic amines is 2. The van der Waals surface area contributed by atoms with Gasteiger partial charge >= 0.3 is 31.1 Å². The molecule has 4 heterocycles. The standard InChI is InChI=1S/C55H82N5O15P/c1-8-10-11-12-13-14-15-16-17-18-19-20-21-22-23-24-28-68-44-31-42(30-38(3)41(44)6)36-69-50(61)25-26-51(62)74-45-32-48(59-34-39(4)52(63)57-54(59)65)73-47(45)37-71-76(67,70-29-27-56-7)75-46-33-49(72-43(46)9-2)60-35-40(5)53(64)58-55(60)66/h30-31,34-35,43,45-49H,8-29,32-33,36-37H2,1-6H3,(H,57,63,65)(H,58,64,66)/t43-,45?,46?,47-,48?,49?,76?/m1/s1. The summed E-state index contributed by atoms with van der Waals surface area (Å²) in [5.41, 5.74) is 0.583. The summed E-state index contributed by atoms with van der Waals surface area (Å²) in [5.74, 6) is -0.691. The molecule has 0 spiro atoms. The van der Waals surface area contributed by atoms with Gasteiger partial charge in [0.25, 0.3) is 11.1 Å². The Hall–Kier alpha value is -5.16. The zero-order valence-corrected chi connectivity index (χ0v) is 46.5. The number of nitrogens with one attached hydrogen (secondary N) is 2. The zero-order chi connectivity index (χ0) is 55.0. The number of unbranched alkanes of at least 4 members (excludes halogenated alkanes) is 15. The van der Waals surface area contributed by atoms with Gasteiger partial charge in [-0.05, 0) is 63.3 Å². The fraction of sp³-hybridized carbons (Fsp3) is 0.691. The van der Waals surface area contributed by atoms with E-state index < -0.39 is 85.7 Å². The molecule has 5 rings (SSSR count). The Kier molecular flexibility index (Phi) is 25.9. The molecule has 2 N–H and O–H groups in total. The molecule has 5 unspecified atom stereocenters. The zero-order valence-electron chi connectivity index (χ0n) is 45.6. The maximum absolute atomic E-state index is 14.4. The Morgan fingerprint density at radius 3 is 1.76 bits per heavy atom. The third-order valence-corrected chi connectivity index (χ3v) is 15.4. The molecule has 2 saturated heterocycles. The van der Waals surface area contributed by atoms with Crippen molar-refractivity contribution in [3.63, 3.8) is 0 Å². The maximum Gasteiger partial charge on any atom is 0.475 e. The van der Waals surface area contributed by atoms with Crippen LogP contribution in [0, 0.1) is 34.3 Å². The third kappa shape index (κ3) is 19.7. The number of carbonyl (C=O) groups excluding carboxylic acids is 2. The van der Waals surface area contributed by atoms with Crippen LogP contribution in [-0.2, 0) is 53.3 Å².